The number of fused-ring (bicyclic) bond motifs is 1. The van der Waals surface area contributed by atoms with Crippen LogP contribution >= 0.6 is 15.9 Å². The third-order valence-corrected chi connectivity index (χ3v) is 6.76. The van der Waals surface area contributed by atoms with E-state index in [-0.39, 0.29) is 35.3 Å². The monoisotopic (exact) mass is 407 g/mol. The molecule has 4 rings (SSSR count). The van der Waals surface area contributed by atoms with Gasteiger partial charge in [-0.3, -0.25) is 14.4 Å². The third-order valence-electron chi connectivity index (χ3n) is 5.56. The SMILES string of the molecule is Cc1ccccc1NC(=O)COC(=O)[C@@H]1[C@H]2C[C@H]3[C@H](OC(=O)[C@@H]31)[C@H]2Br. The third kappa shape index (κ3) is 2.65. The molecule has 1 N–H and O–H groups in total. The van der Waals surface area contributed by atoms with E-state index in [9.17, 15) is 14.4 Å². The van der Waals surface area contributed by atoms with Crippen LogP contribution in [-0.4, -0.2) is 35.4 Å². The largest absolute Gasteiger partial charge is 0.461 e. The smallest absolute Gasteiger partial charge is 0.310 e. The van der Waals surface area contributed by atoms with Gasteiger partial charge in [-0.25, -0.2) is 0 Å². The number of hydrogen-bond acceptors (Lipinski definition) is 5. The summed E-state index contributed by atoms with van der Waals surface area (Å²) in [6, 6.07) is 7.37. The van der Waals surface area contributed by atoms with Gasteiger partial charge in [-0.15, -0.1) is 0 Å². The van der Waals surface area contributed by atoms with Gasteiger partial charge in [0.2, 0.25) is 0 Å². The average Bonchev–Trinajstić information content (AvgIpc) is 3.19. The number of anilines is 1. The molecule has 2 saturated carbocycles. The van der Waals surface area contributed by atoms with Crippen LogP contribution in [0.3, 0.4) is 0 Å². The molecule has 0 spiro atoms. The summed E-state index contributed by atoms with van der Waals surface area (Å²) in [7, 11) is 0. The van der Waals surface area contributed by atoms with Crippen LogP contribution in [0.25, 0.3) is 0 Å². The molecule has 132 valence electrons. The van der Waals surface area contributed by atoms with Crippen molar-refractivity contribution in [2.24, 2.45) is 23.7 Å². The number of para-hydroxylation sites is 1. The lowest BCUT2D eigenvalue weighted by Gasteiger charge is -2.26. The number of hydrogen-bond donors (Lipinski definition) is 1. The number of benzene rings is 1. The van der Waals surface area contributed by atoms with E-state index in [1.165, 1.54) is 0 Å². The highest BCUT2D eigenvalue weighted by molar-refractivity contribution is 9.09. The normalized spacial score (nSPS) is 34.7. The fourth-order valence-electron chi connectivity index (χ4n) is 4.43. The van der Waals surface area contributed by atoms with Gasteiger partial charge in [0.25, 0.3) is 5.91 Å². The van der Waals surface area contributed by atoms with Crippen LogP contribution in [0.1, 0.15) is 12.0 Å². The summed E-state index contributed by atoms with van der Waals surface area (Å²) >= 11 is 3.55. The molecule has 25 heavy (non-hydrogen) atoms. The van der Waals surface area contributed by atoms with Crippen molar-refractivity contribution in [3.8, 4) is 0 Å². The van der Waals surface area contributed by atoms with E-state index < -0.39 is 23.7 Å². The summed E-state index contributed by atoms with van der Waals surface area (Å²) in [6.45, 7) is 1.52. The van der Waals surface area contributed by atoms with Gasteiger partial charge in [0.05, 0.1) is 16.7 Å². The molecule has 1 aliphatic heterocycles. The van der Waals surface area contributed by atoms with Gasteiger partial charge >= 0.3 is 11.9 Å². The van der Waals surface area contributed by atoms with Crippen LogP contribution in [0, 0.1) is 30.6 Å². The highest BCUT2D eigenvalue weighted by atomic mass is 79.9. The van der Waals surface area contributed by atoms with Crippen molar-refractivity contribution < 1.29 is 23.9 Å². The molecule has 7 heteroatoms. The standard InChI is InChI=1S/C18H18BrNO5/c1-8-4-2-3-5-11(8)20-12(21)7-24-17(22)13-9-6-10-14(13)18(23)25-16(10)15(9)19/h2-5,9-10,13-16H,6-7H2,1H3,(H,20,21)/t9-,10-,13-,14+,15+,16+/m1/s1. The molecule has 2 aliphatic carbocycles. The van der Waals surface area contributed by atoms with Gasteiger partial charge < -0.3 is 14.8 Å². The number of alkyl halides is 1. The Morgan fingerprint density at radius 1 is 1.32 bits per heavy atom. The molecule has 2 bridgehead atoms. The highest BCUT2D eigenvalue weighted by Crippen LogP contribution is 2.60. The molecule has 3 fully saturated rings. The summed E-state index contributed by atoms with van der Waals surface area (Å²) in [5, 5.41) is 2.72. The number of esters is 2. The number of rotatable bonds is 4. The molecule has 1 aromatic rings. The van der Waals surface area contributed by atoms with Crippen LogP contribution in [0.4, 0.5) is 5.69 Å². The summed E-state index contributed by atoms with van der Waals surface area (Å²) < 4.78 is 10.6. The summed E-state index contributed by atoms with van der Waals surface area (Å²) in [5.41, 5.74) is 1.61. The molecule has 0 radical (unpaired) electrons. The van der Waals surface area contributed by atoms with Crippen molar-refractivity contribution in [2.75, 3.05) is 11.9 Å². The minimum atomic E-state index is -0.521. The molecule has 1 aromatic carbocycles. The van der Waals surface area contributed by atoms with E-state index in [2.05, 4.69) is 21.2 Å². The Labute approximate surface area is 153 Å². The second-order valence-electron chi connectivity index (χ2n) is 6.93. The van der Waals surface area contributed by atoms with Crippen molar-refractivity contribution >= 4 is 39.5 Å². The zero-order chi connectivity index (χ0) is 17.7. The number of carbonyl (C=O) groups excluding carboxylic acids is 3. The maximum Gasteiger partial charge on any atom is 0.310 e. The first kappa shape index (κ1) is 16.6. The van der Waals surface area contributed by atoms with E-state index in [1.807, 2.05) is 25.1 Å². The Kier molecular flexibility index (Phi) is 4.06. The molecule has 6 nitrogen and oxygen atoms in total. The first-order chi connectivity index (χ1) is 12.0. The number of halogens is 1. The molecular weight excluding hydrogens is 390 g/mol. The number of amides is 1. The first-order valence-corrected chi connectivity index (χ1v) is 9.25. The topological polar surface area (TPSA) is 81.7 Å². The zero-order valence-corrected chi connectivity index (χ0v) is 15.2. The number of ether oxygens (including phenoxy) is 2. The van der Waals surface area contributed by atoms with Gasteiger partial charge in [0.1, 0.15) is 6.10 Å². The van der Waals surface area contributed by atoms with E-state index in [0.29, 0.717) is 5.69 Å². The van der Waals surface area contributed by atoms with E-state index in [0.717, 1.165) is 12.0 Å². The minimum absolute atomic E-state index is 0.0152. The predicted molar refractivity (Wildman–Crippen MR) is 91.9 cm³/mol. The molecule has 1 saturated heterocycles. The van der Waals surface area contributed by atoms with E-state index in [1.54, 1.807) is 6.07 Å². The van der Waals surface area contributed by atoms with Gasteiger partial charge in [0.15, 0.2) is 6.61 Å². The van der Waals surface area contributed by atoms with E-state index >= 15 is 0 Å². The van der Waals surface area contributed by atoms with Crippen LogP contribution < -0.4 is 5.32 Å². The molecule has 1 heterocycles. The van der Waals surface area contributed by atoms with Gasteiger partial charge in [-0.05, 0) is 30.9 Å². The zero-order valence-electron chi connectivity index (χ0n) is 13.6. The van der Waals surface area contributed by atoms with Crippen LogP contribution in [0.5, 0.6) is 0 Å². The summed E-state index contributed by atoms with van der Waals surface area (Å²) in [4.78, 5) is 36.6. The van der Waals surface area contributed by atoms with Gasteiger partial charge in [0, 0.05) is 11.6 Å². The highest BCUT2D eigenvalue weighted by Gasteiger charge is 2.68. The first-order valence-electron chi connectivity index (χ1n) is 8.34. The Morgan fingerprint density at radius 3 is 2.84 bits per heavy atom. The summed E-state index contributed by atoms with van der Waals surface area (Å²) in [5.74, 6) is -2.03. The lowest BCUT2D eigenvalue weighted by molar-refractivity contribution is -0.157. The van der Waals surface area contributed by atoms with Crippen molar-refractivity contribution in [1.29, 1.82) is 0 Å². The van der Waals surface area contributed by atoms with Crippen LogP contribution in [-0.2, 0) is 23.9 Å². The lowest BCUT2D eigenvalue weighted by Crippen LogP contribution is -2.39. The second kappa shape index (κ2) is 6.12. The van der Waals surface area contributed by atoms with E-state index in [4.69, 9.17) is 9.47 Å². The number of nitrogens with one attached hydrogen (secondary N) is 1. The second-order valence-corrected chi connectivity index (χ2v) is 7.99. The molecule has 0 aromatic heterocycles. The molecule has 0 unspecified atom stereocenters. The van der Waals surface area contributed by atoms with Crippen molar-refractivity contribution in [1.82, 2.24) is 0 Å². The Balaban J connectivity index is 1.37. The van der Waals surface area contributed by atoms with Crippen LogP contribution in [0.2, 0.25) is 0 Å². The number of carbonyl (C=O) groups is 3. The van der Waals surface area contributed by atoms with Crippen molar-refractivity contribution in [3.05, 3.63) is 29.8 Å². The quantitative estimate of drug-likeness (QED) is 0.609. The van der Waals surface area contributed by atoms with Crippen molar-refractivity contribution in [3.63, 3.8) is 0 Å². The molecule has 3 aliphatic rings. The predicted octanol–water partition coefficient (Wildman–Crippen LogP) is 2.05. The maximum absolute atomic E-state index is 12.5. The van der Waals surface area contributed by atoms with Gasteiger partial charge in [-0.1, -0.05) is 34.1 Å². The molecule has 1 amide bonds. The Morgan fingerprint density at radius 2 is 2.08 bits per heavy atom. The Hall–Kier alpha value is -1.89. The minimum Gasteiger partial charge on any atom is -0.461 e. The molecular formula is C18H18BrNO5. The lowest BCUT2D eigenvalue weighted by atomic mass is 9.80. The van der Waals surface area contributed by atoms with Crippen LogP contribution in [0.15, 0.2) is 24.3 Å². The Bertz CT molecular complexity index is 751. The fourth-order valence-corrected chi connectivity index (χ4v) is 5.47. The fraction of sp³-hybridized carbons (Fsp3) is 0.500. The maximum atomic E-state index is 12.5. The summed E-state index contributed by atoms with van der Waals surface area (Å²) in [6.07, 6.45) is 0.655. The van der Waals surface area contributed by atoms with Gasteiger partial charge in [-0.2, -0.15) is 0 Å². The van der Waals surface area contributed by atoms with Crippen molar-refractivity contribution in [2.45, 2.75) is 24.3 Å². The molecule has 6 atom stereocenters. The average molecular weight is 408 g/mol. The number of aryl methyl sites for hydroxylation is 1.